The van der Waals surface area contributed by atoms with Crippen molar-refractivity contribution < 1.29 is 14.7 Å². The zero-order chi connectivity index (χ0) is 22.6. The Morgan fingerprint density at radius 2 is 1.97 bits per heavy atom. The van der Waals surface area contributed by atoms with Crippen LogP contribution in [0.2, 0.25) is 0 Å². The zero-order valence-corrected chi connectivity index (χ0v) is 18.6. The fourth-order valence-corrected chi connectivity index (χ4v) is 4.47. The van der Waals surface area contributed by atoms with Crippen molar-refractivity contribution in [3.05, 3.63) is 41.7 Å². The molecule has 172 valence electrons. The predicted molar refractivity (Wildman–Crippen MR) is 120 cm³/mol. The van der Waals surface area contributed by atoms with Gasteiger partial charge in [-0.1, -0.05) is 37.1 Å². The van der Waals surface area contributed by atoms with Gasteiger partial charge in [-0.15, -0.1) is 5.10 Å². The average Bonchev–Trinajstić information content (AvgIpc) is 3.46. The number of aryl methyl sites for hydroxylation is 1. The zero-order valence-electron chi connectivity index (χ0n) is 18.6. The highest BCUT2D eigenvalue weighted by atomic mass is 16.3. The molecule has 2 aliphatic rings. The number of nitrogens with one attached hydrogen (secondary N) is 2. The third kappa shape index (κ3) is 5.45. The predicted octanol–water partition coefficient (Wildman–Crippen LogP) is 2.57. The van der Waals surface area contributed by atoms with E-state index in [1.807, 2.05) is 24.3 Å². The van der Waals surface area contributed by atoms with Gasteiger partial charge in [0.15, 0.2) is 5.69 Å². The van der Waals surface area contributed by atoms with Crippen molar-refractivity contribution in [3.8, 4) is 0 Å². The third-order valence-corrected chi connectivity index (χ3v) is 6.49. The number of aromatic nitrogens is 3. The summed E-state index contributed by atoms with van der Waals surface area (Å²) in [6.07, 6.45) is 7.66. The van der Waals surface area contributed by atoms with E-state index < -0.39 is 5.60 Å². The van der Waals surface area contributed by atoms with Gasteiger partial charge in [0, 0.05) is 24.8 Å². The van der Waals surface area contributed by atoms with Crippen molar-refractivity contribution in [1.29, 1.82) is 0 Å². The molecule has 3 amide bonds. The van der Waals surface area contributed by atoms with Crippen LogP contribution in [0.1, 0.15) is 61.5 Å². The van der Waals surface area contributed by atoms with Gasteiger partial charge in [0.1, 0.15) is 0 Å². The van der Waals surface area contributed by atoms with E-state index in [1.54, 1.807) is 11.1 Å². The molecule has 0 unspecified atom stereocenters. The molecule has 1 aromatic carbocycles. The van der Waals surface area contributed by atoms with Gasteiger partial charge in [-0.2, -0.15) is 0 Å². The summed E-state index contributed by atoms with van der Waals surface area (Å²) in [6.45, 7) is 3.20. The number of amides is 3. The second kappa shape index (κ2) is 9.68. The maximum atomic E-state index is 12.6. The molecule has 2 fully saturated rings. The van der Waals surface area contributed by atoms with Gasteiger partial charge in [-0.3, -0.25) is 4.79 Å². The van der Waals surface area contributed by atoms with Crippen molar-refractivity contribution >= 4 is 17.6 Å². The molecule has 0 bridgehead atoms. The van der Waals surface area contributed by atoms with Crippen LogP contribution in [0.3, 0.4) is 0 Å². The number of hydrogen-bond acceptors (Lipinski definition) is 5. The molecule has 9 heteroatoms. The number of rotatable bonds is 6. The van der Waals surface area contributed by atoms with Gasteiger partial charge in [-0.05, 0) is 49.8 Å². The smallest absolute Gasteiger partial charge is 0.321 e. The van der Waals surface area contributed by atoms with Crippen LogP contribution >= 0.6 is 0 Å². The molecule has 0 radical (unpaired) electrons. The van der Waals surface area contributed by atoms with Crippen LogP contribution in [0.5, 0.6) is 0 Å². The summed E-state index contributed by atoms with van der Waals surface area (Å²) in [6, 6.07) is 7.88. The minimum atomic E-state index is -0.994. The van der Waals surface area contributed by atoms with Crippen LogP contribution in [0.15, 0.2) is 30.5 Å². The summed E-state index contributed by atoms with van der Waals surface area (Å²) in [5.74, 6) is -0.214. The fourth-order valence-electron chi connectivity index (χ4n) is 4.47. The van der Waals surface area contributed by atoms with E-state index in [-0.39, 0.29) is 30.2 Å². The number of benzene rings is 1. The molecule has 9 nitrogen and oxygen atoms in total. The van der Waals surface area contributed by atoms with E-state index in [9.17, 15) is 14.7 Å². The van der Waals surface area contributed by atoms with Crippen LogP contribution in [-0.2, 0) is 13.0 Å². The number of hydrogen-bond donors (Lipinski definition) is 3. The van der Waals surface area contributed by atoms with E-state index in [1.165, 1.54) is 10.2 Å². The average molecular weight is 441 g/mol. The van der Waals surface area contributed by atoms with E-state index in [0.717, 1.165) is 37.8 Å². The number of anilines is 1. The molecule has 1 saturated heterocycles. The molecule has 2 aromatic rings. The Labute approximate surface area is 188 Å². The Morgan fingerprint density at radius 3 is 2.69 bits per heavy atom. The Bertz CT molecular complexity index is 945. The van der Waals surface area contributed by atoms with E-state index >= 15 is 0 Å². The summed E-state index contributed by atoms with van der Waals surface area (Å²) in [5, 5.41) is 25.0. The second-order valence-corrected chi connectivity index (χ2v) is 8.95. The highest BCUT2D eigenvalue weighted by Gasteiger charge is 2.35. The summed E-state index contributed by atoms with van der Waals surface area (Å²) in [4.78, 5) is 26.7. The minimum Gasteiger partial charge on any atom is -0.388 e. The molecule has 0 atom stereocenters. The molecular weight excluding hydrogens is 408 g/mol. The molecule has 1 aliphatic heterocycles. The summed E-state index contributed by atoms with van der Waals surface area (Å²) in [5.41, 5.74) is 1.22. The SMILES string of the molecule is CCc1cccc(NC(=O)N2CCC(O)(Cn3cc(C(=O)NC4CCCC4)nn3)CC2)c1. The van der Waals surface area contributed by atoms with E-state index in [0.29, 0.717) is 25.9 Å². The monoisotopic (exact) mass is 440 g/mol. The van der Waals surface area contributed by atoms with E-state index in [2.05, 4.69) is 27.9 Å². The summed E-state index contributed by atoms with van der Waals surface area (Å²) in [7, 11) is 0. The molecule has 1 saturated carbocycles. The van der Waals surface area contributed by atoms with Crippen molar-refractivity contribution in [2.45, 2.75) is 70.1 Å². The third-order valence-electron chi connectivity index (χ3n) is 6.49. The summed E-state index contributed by atoms with van der Waals surface area (Å²) < 4.78 is 1.52. The maximum absolute atomic E-state index is 12.6. The Kier molecular flexibility index (Phi) is 6.74. The highest BCUT2D eigenvalue weighted by Crippen LogP contribution is 2.25. The van der Waals surface area contributed by atoms with Crippen LogP contribution in [0, 0.1) is 0 Å². The van der Waals surface area contributed by atoms with Gasteiger partial charge >= 0.3 is 6.03 Å². The normalized spacial score (nSPS) is 18.5. The van der Waals surface area contributed by atoms with Crippen molar-refractivity contribution in [2.75, 3.05) is 18.4 Å². The quantitative estimate of drug-likeness (QED) is 0.639. The molecule has 2 heterocycles. The lowest BCUT2D eigenvalue weighted by molar-refractivity contribution is -0.0276. The van der Waals surface area contributed by atoms with Crippen molar-refractivity contribution in [1.82, 2.24) is 25.2 Å². The van der Waals surface area contributed by atoms with Gasteiger partial charge in [0.2, 0.25) is 0 Å². The van der Waals surface area contributed by atoms with Crippen LogP contribution < -0.4 is 10.6 Å². The molecule has 4 rings (SSSR count). The number of carbonyl (C=O) groups excluding carboxylic acids is 2. The fraction of sp³-hybridized carbons (Fsp3) is 0.565. The molecule has 1 aromatic heterocycles. The standard InChI is InChI=1S/C23H32N6O3/c1-2-17-6-5-9-19(14-17)25-22(31)28-12-10-23(32,11-13-28)16-29-15-20(26-27-29)21(30)24-18-7-3-4-8-18/h5-6,9,14-15,18,32H,2-4,7-8,10-13,16H2,1H3,(H,24,30)(H,25,31). The Morgan fingerprint density at radius 1 is 1.22 bits per heavy atom. The van der Waals surface area contributed by atoms with Crippen molar-refractivity contribution in [2.24, 2.45) is 0 Å². The second-order valence-electron chi connectivity index (χ2n) is 8.95. The number of carbonyl (C=O) groups is 2. The van der Waals surface area contributed by atoms with E-state index in [4.69, 9.17) is 0 Å². The largest absolute Gasteiger partial charge is 0.388 e. The molecular formula is C23H32N6O3. The van der Waals surface area contributed by atoms with Gasteiger partial charge in [0.05, 0.1) is 18.3 Å². The summed E-state index contributed by atoms with van der Waals surface area (Å²) >= 11 is 0. The molecule has 3 N–H and O–H groups in total. The maximum Gasteiger partial charge on any atom is 0.321 e. The first-order valence-electron chi connectivity index (χ1n) is 11.5. The van der Waals surface area contributed by atoms with Gasteiger partial charge < -0.3 is 20.6 Å². The Hall–Kier alpha value is -2.94. The lowest BCUT2D eigenvalue weighted by atomic mass is 9.91. The first-order chi connectivity index (χ1) is 15.4. The lowest BCUT2D eigenvalue weighted by Crippen LogP contribution is -2.49. The lowest BCUT2D eigenvalue weighted by Gasteiger charge is -2.37. The first kappa shape index (κ1) is 22.3. The highest BCUT2D eigenvalue weighted by molar-refractivity contribution is 5.92. The Balaban J connectivity index is 1.28. The minimum absolute atomic E-state index is 0.160. The first-order valence-corrected chi connectivity index (χ1v) is 11.5. The molecule has 32 heavy (non-hydrogen) atoms. The van der Waals surface area contributed by atoms with Crippen LogP contribution in [0.4, 0.5) is 10.5 Å². The van der Waals surface area contributed by atoms with Crippen LogP contribution in [0.25, 0.3) is 0 Å². The number of nitrogens with zero attached hydrogens (tertiary/aromatic N) is 4. The molecule has 1 aliphatic carbocycles. The number of urea groups is 1. The molecule has 0 spiro atoms. The number of piperidine rings is 1. The van der Waals surface area contributed by atoms with Crippen molar-refractivity contribution in [3.63, 3.8) is 0 Å². The van der Waals surface area contributed by atoms with Gasteiger partial charge in [-0.25, -0.2) is 9.48 Å². The van der Waals surface area contributed by atoms with Gasteiger partial charge in [0.25, 0.3) is 5.91 Å². The number of likely N-dealkylation sites (tertiary alicyclic amines) is 1. The number of aliphatic hydroxyl groups is 1. The van der Waals surface area contributed by atoms with Crippen LogP contribution in [-0.4, -0.2) is 61.7 Å². The topological polar surface area (TPSA) is 112 Å².